The van der Waals surface area contributed by atoms with E-state index in [1.54, 1.807) is 12.0 Å². The second-order valence-corrected chi connectivity index (χ2v) is 5.65. The van der Waals surface area contributed by atoms with Gasteiger partial charge in [-0.2, -0.15) is 0 Å². The molecule has 0 saturated carbocycles. The number of carbonyl (C=O) groups is 2. The number of nitrogens with one attached hydrogen (secondary N) is 1. The van der Waals surface area contributed by atoms with Crippen LogP contribution in [0.3, 0.4) is 0 Å². The zero-order valence-electron chi connectivity index (χ0n) is 14.8. The molecule has 0 radical (unpaired) electrons. The maximum absolute atomic E-state index is 12.0. The van der Waals surface area contributed by atoms with Gasteiger partial charge in [0, 0.05) is 25.9 Å². The molecular formula is C18H28N2O3. The zero-order valence-corrected chi connectivity index (χ0v) is 14.8. The van der Waals surface area contributed by atoms with Crippen LogP contribution in [0.4, 0.5) is 5.69 Å². The van der Waals surface area contributed by atoms with Crippen LogP contribution in [0.2, 0.25) is 0 Å². The molecule has 128 valence electrons. The molecule has 5 heteroatoms. The molecule has 2 amide bonds. The van der Waals surface area contributed by atoms with Crippen molar-refractivity contribution < 1.29 is 14.3 Å². The van der Waals surface area contributed by atoms with E-state index in [0.717, 1.165) is 24.1 Å². The summed E-state index contributed by atoms with van der Waals surface area (Å²) in [6, 6.07) is 5.71. The van der Waals surface area contributed by atoms with E-state index in [4.69, 9.17) is 4.74 Å². The molecule has 0 saturated heterocycles. The first-order chi connectivity index (χ1) is 10.9. The standard InChI is InChI=1S/C18H28N2O3/c1-6-15(7-2)18(22)19-10-11-20(14(4)21)16-12-13(3)8-9-17(16)23-5/h8-9,12,15H,6-7,10-11H2,1-5H3,(H,19,22). The molecule has 0 aliphatic rings. The minimum Gasteiger partial charge on any atom is -0.495 e. The van der Waals surface area contributed by atoms with Crippen LogP contribution >= 0.6 is 0 Å². The maximum Gasteiger partial charge on any atom is 0.224 e. The van der Waals surface area contributed by atoms with Crippen LogP contribution < -0.4 is 15.0 Å². The van der Waals surface area contributed by atoms with Crippen LogP contribution in [-0.4, -0.2) is 32.0 Å². The van der Waals surface area contributed by atoms with Crippen molar-refractivity contribution in [2.45, 2.75) is 40.5 Å². The van der Waals surface area contributed by atoms with Crippen molar-refractivity contribution in [3.05, 3.63) is 23.8 Å². The van der Waals surface area contributed by atoms with Gasteiger partial charge in [0.25, 0.3) is 0 Å². The quantitative estimate of drug-likeness (QED) is 0.801. The number of amides is 2. The van der Waals surface area contributed by atoms with E-state index >= 15 is 0 Å². The monoisotopic (exact) mass is 320 g/mol. The Morgan fingerprint density at radius 1 is 1.26 bits per heavy atom. The first kappa shape index (κ1) is 19.0. The van der Waals surface area contributed by atoms with E-state index in [0.29, 0.717) is 18.8 Å². The van der Waals surface area contributed by atoms with Crippen molar-refractivity contribution in [2.24, 2.45) is 5.92 Å². The molecule has 1 rings (SSSR count). The molecule has 0 bridgehead atoms. The fourth-order valence-corrected chi connectivity index (χ4v) is 2.55. The first-order valence-electron chi connectivity index (χ1n) is 8.15. The Balaban J connectivity index is 2.79. The Labute approximate surface area is 139 Å². The predicted octanol–water partition coefficient (Wildman–Crippen LogP) is 2.91. The van der Waals surface area contributed by atoms with Crippen LogP contribution in [0.15, 0.2) is 18.2 Å². The largest absolute Gasteiger partial charge is 0.495 e. The van der Waals surface area contributed by atoms with Crippen molar-refractivity contribution >= 4 is 17.5 Å². The van der Waals surface area contributed by atoms with Crippen molar-refractivity contribution in [1.29, 1.82) is 0 Å². The fraction of sp³-hybridized carbons (Fsp3) is 0.556. The van der Waals surface area contributed by atoms with Crippen LogP contribution in [-0.2, 0) is 9.59 Å². The van der Waals surface area contributed by atoms with Gasteiger partial charge in [-0.15, -0.1) is 0 Å². The van der Waals surface area contributed by atoms with Gasteiger partial charge in [-0.3, -0.25) is 9.59 Å². The number of rotatable bonds is 8. The molecule has 0 aromatic heterocycles. The highest BCUT2D eigenvalue weighted by atomic mass is 16.5. The van der Waals surface area contributed by atoms with Crippen LogP contribution in [0, 0.1) is 12.8 Å². The maximum atomic E-state index is 12.0. The summed E-state index contributed by atoms with van der Waals surface area (Å²) in [6.45, 7) is 8.34. The SMILES string of the molecule is CCC(CC)C(=O)NCCN(C(C)=O)c1cc(C)ccc1OC. The minimum absolute atomic E-state index is 0.0364. The molecule has 1 N–H and O–H groups in total. The van der Waals surface area contributed by atoms with Crippen LogP contribution in [0.1, 0.15) is 39.2 Å². The lowest BCUT2D eigenvalue weighted by molar-refractivity contribution is -0.125. The number of nitrogens with zero attached hydrogens (tertiary/aromatic N) is 1. The van der Waals surface area contributed by atoms with Crippen molar-refractivity contribution in [3.8, 4) is 5.75 Å². The summed E-state index contributed by atoms with van der Waals surface area (Å²) in [5.41, 5.74) is 1.78. The number of carbonyl (C=O) groups excluding carboxylic acids is 2. The highest BCUT2D eigenvalue weighted by Gasteiger charge is 2.18. The Morgan fingerprint density at radius 2 is 1.91 bits per heavy atom. The van der Waals surface area contributed by atoms with E-state index in [-0.39, 0.29) is 17.7 Å². The van der Waals surface area contributed by atoms with Gasteiger partial charge in [-0.1, -0.05) is 19.9 Å². The summed E-state index contributed by atoms with van der Waals surface area (Å²) in [7, 11) is 1.58. The lowest BCUT2D eigenvalue weighted by Crippen LogP contribution is -2.39. The number of hydrogen-bond acceptors (Lipinski definition) is 3. The Kier molecular flexibility index (Phi) is 7.59. The molecule has 0 aliphatic heterocycles. The molecule has 0 fully saturated rings. The van der Waals surface area contributed by atoms with E-state index in [1.165, 1.54) is 6.92 Å². The van der Waals surface area contributed by atoms with Crippen LogP contribution in [0.25, 0.3) is 0 Å². The Bertz CT molecular complexity index is 539. The lowest BCUT2D eigenvalue weighted by Gasteiger charge is -2.24. The Hall–Kier alpha value is -2.04. The zero-order chi connectivity index (χ0) is 17.4. The molecule has 5 nitrogen and oxygen atoms in total. The van der Waals surface area contributed by atoms with E-state index < -0.39 is 0 Å². The molecule has 1 aromatic rings. The lowest BCUT2D eigenvalue weighted by atomic mass is 10.0. The molecule has 0 spiro atoms. The second-order valence-electron chi connectivity index (χ2n) is 5.65. The minimum atomic E-state index is -0.0781. The van der Waals surface area contributed by atoms with Crippen LogP contribution in [0.5, 0.6) is 5.75 Å². The van der Waals surface area contributed by atoms with Gasteiger partial charge >= 0.3 is 0 Å². The van der Waals surface area contributed by atoms with Gasteiger partial charge in [0.2, 0.25) is 11.8 Å². The summed E-state index contributed by atoms with van der Waals surface area (Å²) in [5, 5.41) is 2.92. The summed E-state index contributed by atoms with van der Waals surface area (Å²) < 4.78 is 5.35. The third-order valence-electron chi connectivity index (χ3n) is 4.00. The molecule has 0 aliphatic carbocycles. The number of methoxy groups -OCH3 is 1. The third-order valence-corrected chi connectivity index (χ3v) is 4.00. The van der Waals surface area contributed by atoms with E-state index in [1.807, 2.05) is 39.0 Å². The number of benzene rings is 1. The van der Waals surface area contributed by atoms with E-state index in [2.05, 4.69) is 5.32 Å². The number of ether oxygens (including phenoxy) is 1. The summed E-state index contributed by atoms with van der Waals surface area (Å²) in [4.78, 5) is 25.7. The molecular weight excluding hydrogens is 292 g/mol. The average molecular weight is 320 g/mol. The molecule has 0 unspecified atom stereocenters. The Morgan fingerprint density at radius 3 is 2.43 bits per heavy atom. The van der Waals surface area contributed by atoms with Gasteiger partial charge in [0.05, 0.1) is 12.8 Å². The van der Waals surface area contributed by atoms with Crippen molar-refractivity contribution in [1.82, 2.24) is 5.32 Å². The summed E-state index contributed by atoms with van der Waals surface area (Å²) in [5.74, 6) is 0.659. The highest BCUT2D eigenvalue weighted by molar-refractivity contribution is 5.93. The van der Waals surface area contributed by atoms with Gasteiger partial charge < -0.3 is 15.0 Å². The molecule has 23 heavy (non-hydrogen) atoms. The predicted molar refractivity (Wildman–Crippen MR) is 92.8 cm³/mol. The number of hydrogen-bond donors (Lipinski definition) is 1. The smallest absolute Gasteiger partial charge is 0.224 e. The molecule has 0 heterocycles. The third kappa shape index (κ3) is 5.27. The summed E-state index contributed by atoms with van der Waals surface area (Å²) >= 11 is 0. The highest BCUT2D eigenvalue weighted by Crippen LogP contribution is 2.29. The van der Waals surface area contributed by atoms with Gasteiger partial charge in [0.1, 0.15) is 5.75 Å². The van der Waals surface area contributed by atoms with E-state index in [9.17, 15) is 9.59 Å². The molecule has 1 aromatic carbocycles. The number of aryl methyl sites for hydroxylation is 1. The normalized spacial score (nSPS) is 10.5. The topological polar surface area (TPSA) is 58.6 Å². The number of anilines is 1. The average Bonchev–Trinajstić information content (AvgIpc) is 2.52. The fourth-order valence-electron chi connectivity index (χ4n) is 2.55. The second kappa shape index (κ2) is 9.18. The van der Waals surface area contributed by atoms with Gasteiger partial charge in [-0.05, 0) is 37.5 Å². The first-order valence-corrected chi connectivity index (χ1v) is 8.15. The summed E-state index contributed by atoms with van der Waals surface area (Å²) in [6.07, 6.45) is 1.65. The van der Waals surface area contributed by atoms with Gasteiger partial charge in [0.15, 0.2) is 0 Å². The van der Waals surface area contributed by atoms with Gasteiger partial charge in [-0.25, -0.2) is 0 Å². The van der Waals surface area contributed by atoms with Crippen molar-refractivity contribution in [2.75, 3.05) is 25.1 Å². The molecule has 0 atom stereocenters. The van der Waals surface area contributed by atoms with Crippen molar-refractivity contribution in [3.63, 3.8) is 0 Å².